The topological polar surface area (TPSA) is 51.1 Å². The van der Waals surface area contributed by atoms with Gasteiger partial charge in [-0.2, -0.15) is 0 Å². The number of aromatic nitrogens is 3. The summed E-state index contributed by atoms with van der Waals surface area (Å²) in [5, 5.41) is 3.01. The number of nitrogens with zero attached hydrogens (tertiary/aromatic N) is 4. The van der Waals surface area contributed by atoms with Gasteiger partial charge in [0.05, 0.1) is 18.4 Å². The Morgan fingerprint density at radius 3 is 2.58 bits per heavy atom. The van der Waals surface area contributed by atoms with Crippen LogP contribution in [0.3, 0.4) is 0 Å². The van der Waals surface area contributed by atoms with Crippen LogP contribution in [0, 0.1) is 0 Å². The summed E-state index contributed by atoms with van der Waals surface area (Å²) < 4.78 is 6.07. The molecule has 0 radical (unpaired) electrons. The molecule has 1 aliphatic rings. The van der Waals surface area contributed by atoms with Crippen molar-refractivity contribution in [1.82, 2.24) is 19.9 Å². The number of hydrogen-bond donors (Lipinski definition) is 0. The Hall–Kier alpha value is -2.15. The van der Waals surface area contributed by atoms with Gasteiger partial charge in [-0.3, -0.25) is 4.90 Å². The van der Waals surface area contributed by atoms with Crippen LogP contribution in [0.2, 0.25) is 0 Å². The molecular weight excluding hydrogens is 344 g/mol. The fourth-order valence-electron chi connectivity index (χ4n) is 3.14. The molecule has 1 aromatic carbocycles. The minimum atomic E-state index is 0.357. The minimum absolute atomic E-state index is 0.357. The summed E-state index contributed by atoms with van der Waals surface area (Å²) >= 11 is 1.61. The third kappa shape index (κ3) is 4.52. The predicted octanol–water partition coefficient (Wildman–Crippen LogP) is 3.78. The first-order valence-corrected chi connectivity index (χ1v) is 9.84. The smallest absolute Gasteiger partial charge is 0.188 e. The van der Waals surface area contributed by atoms with Crippen molar-refractivity contribution in [1.29, 1.82) is 0 Å². The Kier molecular flexibility index (Phi) is 5.64. The van der Waals surface area contributed by atoms with Gasteiger partial charge in [0.15, 0.2) is 10.8 Å². The lowest BCUT2D eigenvalue weighted by atomic mass is 10.1. The number of rotatable bonds is 6. The zero-order valence-electron chi connectivity index (χ0n) is 14.6. The molecule has 3 heterocycles. The number of benzene rings is 1. The molecule has 0 aliphatic carbocycles. The van der Waals surface area contributed by atoms with E-state index in [1.54, 1.807) is 23.7 Å². The van der Waals surface area contributed by atoms with E-state index in [-0.39, 0.29) is 0 Å². The average molecular weight is 366 g/mol. The van der Waals surface area contributed by atoms with E-state index < -0.39 is 0 Å². The summed E-state index contributed by atoms with van der Waals surface area (Å²) in [6.07, 6.45) is 6.01. The van der Waals surface area contributed by atoms with E-state index in [9.17, 15) is 0 Å². The van der Waals surface area contributed by atoms with Gasteiger partial charge in [0.25, 0.3) is 0 Å². The van der Waals surface area contributed by atoms with Crippen LogP contribution >= 0.6 is 11.3 Å². The number of likely N-dealkylation sites (tertiary alicyclic amines) is 1. The van der Waals surface area contributed by atoms with Crippen molar-refractivity contribution in [2.24, 2.45) is 0 Å². The average Bonchev–Trinajstić information content (AvgIpc) is 3.17. The molecule has 0 saturated carbocycles. The molecule has 2 aromatic heterocycles. The molecule has 26 heavy (non-hydrogen) atoms. The summed E-state index contributed by atoms with van der Waals surface area (Å²) in [4.78, 5) is 15.7. The molecule has 1 aliphatic heterocycles. The largest absolute Gasteiger partial charge is 0.373 e. The molecule has 0 unspecified atom stereocenters. The van der Waals surface area contributed by atoms with E-state index in [1.165, 1.54) is 5.56 Å². The first kappa shape index (κ1) is 17.3. The number of thiazole rings is 1. The van der Waals surface area contributed by atoms with Crippen LogP contribution in [0.15, 0.2) is 54.2 Å². The maximum Gasteiger partial charge on any atom is 0.188 e. The molecule has 6 heteroatoms. The lowest BCUT2D eigenvalue weighted by Crippen LogP contribution is -2.36. The second kappa shape index (κ2) is 8.49. The molecule has 0 amide bonds. The van der Waals surface area contributed by atoms with Crippen LogP contribution < -0.4 is 0 Å². The highest BCUT2D eigenvalue weighted by Gasteiger charge is 2.20. The van der Waals surface area contributed by atoms with Crippen molar-refractivity contribution in [2.75, 3.05) is 13.1 Å². The fourth-order valence-corrected chi connectivity index (χ4v) is 3.90. The highest BCUT2D eigenvalue weighted by molar-refractivity contribution is 7.13. The van der Waals surface area contributed by atoms with E-state index >= 15 is 0 Å². The Bertz CT molecular complexity index is 801. The van der Waals surface area contributed by atoms with E-state index in [0.29, 0.717) is 18.5 Å². The second-order valence-corrected chi connectivity index (χ2v) is 7.35. The van der Waals surface area contributed by atoms with Crippen LogP contribution in [0.1, 0.15) is 24.1 Å². The molecule has 0 bridgehead atoms. The molecule has 4 rings (SSSR count). The fraction of sp³-hybridized carbons (Fsp3) is 0.350. The van der Waals surface area contributed by atoms with Crippen LogP contribution in [-0.4, -0.2) is 39.0 Å². The van der Waals surface area contributed by atoms with Gasteiger partial charge >= 0.3 is 0 Å². The third-order valence-corrected chi connectivity index (χ3v) is 5.44. The van der Waals surface area contributed by atoms with Gasteiger partial charge in [-0.15, -0.1) is 11.3 Å². The Morgan fingerprint density at radius 2 is 1.81 bits per heavy atom. The molecular formula is C20H22N4OS. The summed E-state index contributed by atoms with van der Waals surface area (Å²) in [5.41, 5.74) is 2.34. The lowest BCUT2D eigenvalue weighted by molar-refractivity contribution is -0.00411. The molecule has 5 nitrogen and oxygen atoms in total. The van der Waals surface area contributed by atoms with Gasteiger partial charge in [0, 0.05) is 37.4 Å². The number of ether oxygens (including phenoxy) is 1. The summed E-state index contributed by atoms with van der Waals surface area (Å²) in [5.74, 6) is 0.705. The Morgan fingerprint density at radius 1 is 1.04 bits per heavy atom. The number of hydrogen-bond acceptors (Lipinski definition) is 6. The Labute approximate surface area is 157 Å². The molecule has 1 fully saturated rings. The first-order chi connectivity index (χ1) is 12.9. The van der Waals surface area contributed by atoms with Crippen molar-refractivity contribution < 1.29 is 4.74 Å². The zero-order chi connectivity index (χ0) is 17.6. The van der Waals surface area contributed by atoms with Gasteiger partial charge in [-0.05, 0) is 24.5 Å². The first-order valence-electron chi connectivity index (χ1n) is 8.96. The molecule has 0 spiro atoms. The normalized spacial score (nSPS) is 16.0. The monoisotopic (exact) mass is 366 g/mol. The van der Waals surface area contributed by atoms with E-state index in [2.05, 4.69) is 44.5 Å². The van der Waals surface area contributed by atoms with Gasteiger partial charge in [-0.1, -0.05) is 30.3 Å². The van der Waals surface area contributed by atoms with Crippen molar-refractivity contribution in [2.45, 2.75) is 32.1 Å². The SMILES string of the molecule is c1ccc(COC2CCN(Cc3csc(-c4ncccn4)n3)CC2)cc1. The van der Waals surface area contributed by atoms with Crippen LogP contribution in [0.5, 0.6) is 0 Å². The van der Waals surface area contributed by atoms with Crippen LogP contribution in [0.4, 0.5) is 0 Å². The van der Waals surface area contributed by atoms with Gasteiger partial charge in [0.1, 0.15) is 0 Å². The van der Waals surface area contributed by atoms with Crippen molar-refractivity contribution >= 4 is 11.3 Å². The highest BCUT2D eigenvalue weighted by Crippen LogP contribution is 2.22. The van der Waals surface area contributed by atoms with E-state index in [1.807, 2.05) is 12.1 Å². The maximum atomic E-state index is 6.07. The quantitative estimate of drug-likeness (QED) is 0.664. The van der Waals surface area contributed by atoms with Crippen molar-refractivity contribution in [3.05, 3.63) is 65.4 Å². The standard InChI is InChI=1S/C20H22N4OS/c1-2-5-16(6-3-1)14-25-18-7-11-24(12-8-18)13-17-15-26-20(23-17)19-21-9-4-10-22-19/h1-6,9-10,15,18H,7-8,11-14H2. The molecule has 0 N–H and O–H groups in total. The minimum Gasteiger partial charge on any atom is -0.373 e. The highest BCUT2D eigenvalue weighted by atomic mass is 32.1. The predicted molar refractivity (Wildman–Crippen MR) is 103 cm³/mol. The second-order valence-electron chi connectivity index (χ2n) is 6.49. The summed E-state index contributed by atoms with van der Waals surface area (Å²) in [6, 6.07) is 12.2. The van der Waals surface area contributed by atoms with Crippen molar-refractivity contribution in [3.63, 3.8) is 0 Å². The third-order valence-electron chi connectivity index (χ3n) is 4.56. The molecule has 1 saturated heterocycles. The summed E-state index contributed by atoms with van der Waals surface area (Å²) in [6.45, 7) is 3.69. The lowest BCUT2D eigenvalue weighted by Gasteiger charge is -2.31. The molecule has 0 atom stereocenters. The molecule has 134 valence electrons. The van der Waals surface area contributed by atoms with Gasteiger partial charge in [-0.25, -0.2) is 15.0 Å². The van der Waals surface area contributed by atoms with Gasteiger partial charge < -0.3 is 4.74 Å². The van der Waals surface area contributed by atoms with E-state index in [4.69, 9.17) is 9.72 Å². The van der Waals surface area contributed by atoms with E-state index in [0.717, 1.165) is 43.2 Å². The summed E-state index contributed by atoms with van der Waals surface area (Å²) in [7, 11) is 0. The number of piperidine rings is 1. The molecule has 3 aromatic rings. The zero-order valence-corrected chi connectivity index (χ0v) is 15.4. The van der Waals surface area contributed by atoms with Crippen molar-refractivity contribution in [3.8, 4) is 10.8 Å². The Balaban J connectivity index is 1.25. The van der Waals surface area contributed by atoms with Crippen LogP contribution in [-0.2, 0) is 17.9 Å². The van der Waals surface area contributed by atoms with Crippen LogP contribution in [0.25, 0.3) is 10.8 Å². The maximum absolute atomic E-state index is 6.07. The van der Waals surface area contributed by atoms with Gasteiger partial charge in [0.2, 0.25) is 0 Å².